The Kier molecular flexibility index (Phi) is 4.89. The fourth-order valence-electron chi connectivity index (χ4n) is 3.19. The van der Waals surface area contributed by atoms with Gasteiger partial charge in [-0.05, 0) is 19.1 Å². The molecule has 1 aliphatic rings. The van der Waals surface area contributed by atoms with E-state index in [9.17, 15) is 9.59 Å². The molecule has 3 aromatic rings. The molecule has 0 unspecified atom stereocenters. The molecule has 4 rings (SSSR count). The summed E-state index contributed by atoms with van der Waals surface area (Å²) in [5.74, 6) is 0.376. The fraction of sp³-hybridized carbons (Fsp3) is 0.368. The summed E-state index contributed by atoms with van der Waals surface area (Å²) in [7, 11) is 0. The van der Waals surface area contributed by atoms with E-state index in [-0.39, 0.29) is 11.8 Å². The first kappa shape index (κ1) is 17.7. The maximum atomic E-state index is 12.3. The van der Waals surface area contributed by atoms with Gasteiger partial charge in [-0.15, -0.1) is 11.3 Å². The Morgan fingerprint density at radius 3 is 2.93 bits per heavy atom. The molecule has 0 aliphatic carbocycles. The number of amides is 2. The molecule has 2 amide bonds. The molecular weight excluding hydrogens is 362 g/mol. The van der Waals surface area contributed by atoms with Gasteiger partial charge < -0.3 is 14.8 Å². The number of nitrogens with zero attached hydrogens (tertiary/aromatic N) is 4. The summed E-state index contributed by atoms with van der Waals surface area (Å²) in [6.07, 6.45) is 2.86. The lowest BCUT2D eigenvalue weighted by Gasteiger charge is -2.25. The first-order valence-electron chi connectivity index (χ1n) is 9.10. The number of fused-ring (bicyclic) bond motifs is 2. The molecule has 1 aliphatic heterocycles. The molecule has 1 aromatic carbocycles. The van der Waals surface area contributed by atoms with E-state index in [2.05, 4.69) is 15.3 Å². The fourth-order valence-corrected chi connectivity index (χ4v) is 4.16. The second-order valence-electron chi connectivity index (χ2n) is 6.49. The number of aromatic nitrogens is 3. The number of aryl methyl sites for hydroxylation is 1. The van der Waals surface area contributed by atoms with Crippen LogP contribution < -0.4 is 5.32 Å². The molecule has 0 saturated carbocycles. The van der Waals surface area contributed by atoms with Crippen LogP contribution in [0.4, 0.5) is 0 Å². The summed E-state index contributed by atoms with van der Waals surface area (Å²) in [5.41, 5.74) is 1.69. The van der Waals surface area contributed by atoms with Gasteiger partial charge in [-0.3, -0.25) is 9.59 Å². The second-order valence-corrected chi connectivity index (χ2v) is 7.60. The van der Waals surface area contributed by atoms with Crippen LogP contribution in [0.25, 0.3) is 10.2 Å². The lowest BCUT2D eigenvalue weighted by Crippen LogP contribution is -2.40. The molecule has 7 nitrogen and oxygen atoms in total. The molecule has 27 heavy (non-hydrogen) atoms. The summed E-state index contributed by atoms with van der Waals surface area (Å²) in [6, 6.07) is 7.98. The zero-order valence-electron chi connectivity index (χ0n) is 15.1. The number of para-hydroxylation sites is 1. The Hall–Kier alpha value is -2.74. The normalized spacial score (nSPS) is 13.8. The van der Waals surface area contributed by atoms with Crippen LogP contribution in [-0.2, 0) is 24.3 Å². The Balaban J connectivity index is 1.31. The summed E-state index contributed by atoms with van der Waals surface area (Å²) >= 11 is 1.63. The lowest BCUT2D eigenvalue weighted by molar-refractivity contribution is -0.121. The van der Waals surface area contributed by atoms with Crippen LogP contribution in [0, 0.1) is 0 Å². The molecule has 0 spiro atoms. The third kappa shape index (κ3) is 3.71. The summed E-state index contributed by atoms with van der Waals surface area (Å²) in [4.78, 5) is 35.2. The molecular formula is C19H21N5O2S. The second kappa shape index (κ2) is 7.48. The maximum Gasteiger partial charge on any atom is 0.289 e. The van der Waals surface area contributed by atoms with Gasteiger partial charge in [-0.1, -0.05) is 12.1 Å². The van der Waals surface area contributed by atoms with Gasteiger partial charge >= 0.3 is 0 Å². The van der Waals surface area contributed by atoms with E-state index in [1.165, 1.54) is 0 Å². The molecule has 0 atom stereocenters. The monoisotopic (exact) mass is 383 g/mol. The van der Waals surface area contributed by atoms with Crippen LogP contribution in [0.5, 0.6) is 0 Å². The number of thiazole rings is 1. The minimum Gasteiger partial charge on any atom is -0.350 e. The van der Waals surface area contributed by atoms with Crippen molar-refractivity contribution in [1.82, 2.24) is 24.8 Å². The number of benzene rings is 1. The number of imidazole rings is 1. The van der Waals surface area contributed by atoms with Crippen LogP contribution in [-0.4, -0.2) is 44.3 Å². The zero-order valence-corrected chi connectivity index (χ0v) is 16.0. The van der Waals surface area contributed by atoms with E-state index in [1.54, 1.807) is 16.2 Å². The lowest BCUT2D eigenvalue weighted by atomic mass is 10.3. The highest BCUT2D eigenvalue weighted by molar-refractivity contribution is 7.18. The van der Waals surface area contributed by atoms with Crippen molar-refractivity contribution in [2.24, 2.45) is 0 Å². The quantitative estimate of drug-likeness (QED) is 0.708. The number of rotatable bonds is 6. The third-order valence-corrected chi connectivity index (χ3v) is 5.76. The Labute approximate surface area is 161 Å². The molecule has 2 aromatic heterocycles. The smallest absolute Gasteiger partial charge is 0.289 e. The minimum absolute atomic E-state index is 0.0401. The average Bonchev–Trinajstić information content (AvgIpc) is 3.29. The topological polar surface area (TPSA) is 80.1 Å². The van der Waals surface area contributed by atoms with Gasteiger partial charge in [0.25, 0.3) is 5.91 Å². The molecule has 0 bridgehead atoms. The Morgan fingerprint density at radius 2 is 2.11 bits per heavy atom. The van der Waals surface area contributed by atoms with Gasteiger partial charge in [0.05, 0.1) is 27.5 Å². The number of likely N-dealkylation sites (N-methyl/N-ethyl adjacent to an activating group) is 1. The molecule has 140 valence electrons. The van der Waals surface area contributed by atoms with E-state index in [0.717, 1.165) is 21.8 Å². The highest BCUT2D eigenvalue weighted by Gasteiger charge is 2.25. The molecule has 0 radical (unpaired) electrons. The van der Waals surface area contributed by atoms with E-state index in [1.807, 2.05) is 42.0 Å². The number of carbonyl (C=O) groups is 2. The van der Waals surface area contributed by atoms with Gasteiger partial charge in [0.2, 0.25) is 5.91 Å². The number of hydrogen-bond donors (Lipinski definition) is 1. The van der Waals surface area contributed by atoms with Crippen molar-refractivity contribution in [2.75, 3.05) is 13.1 Å². The van der Waals surface area contributed by atoms with Gasteiger partial charge in [0.15, 0.2) is 5.82 Å². The highest BCUT2D eigenvalue weighted by atomic mass is 32.1. The maximum absolute atomic E-state index is 12.3. The Morgan fingerprint density at radius 1 is 1.26 bits per heavy atom. The van der Waals surface area contributed by atoms with Gasteiger partial charge in [-0.2, -0.15) is 0 Å². The van der Waals surface area contributed by atoms with Crippen molar-refractivity contribution in [3.05, 3.63) is 47.0 Å². The predicted molar refractivity (Wildman–Crippen MR) is 104 cm³/mol. The largest absolute Gasteiger partial charge is 0.350 e. The molecule has 1 N–H and O–H groups in total. The van der Waals surface area contributed by atoms with Crippen LogP contribution in [0.15, 0.2) is 30.5 Å². The van der Waals surface area contributed by atoms with Gasteiger partial charge in [0, 0.05) is 38.7 Å². The van der Waals surface area contributed by atoms with Crippen molar-refractivity contribution in [2.45, 2.75) is 32.9 Å². The zero-order chi connectivity index (χ0) is 18.8. The van der Waals surface area contributed by atoms with Crippen LogP contribution in [0.3, 0.4) is 0 Å². The van der Waals surface area contributed by atoms with Crippen molar-refractivity contribution in [3.63, 3.8) is 0 Å². The highest BCUT2D eigenvalue weighted by Crippen LogP contribution is 2.22. The van der Waals surface area contributed by atoms with Gasteiger partial charge in [-0.25, -0.2) is 9.97 Å². The molecule has 8 heteroatoms. The standard InChI is InChI=1S/C19H21N5O2S/c1-2-23-9-10-24-12-13(21-18(24)19(23)26)11-20-16(25)7-8-17-22-14-5-3-4-6-15(14)27-17/h3-6,12H,2,7-11H2,1H3,(H,20,25). The summed E-state index contributed by atoms with van der Waals surface area (Å²) < 4.78 is 3.01. The summed E-state index contributed by atoms with van der Waals surface area (Å²) in [5, 5.41) is 3.86. The number of hydrogen-bond acceptors (Lipinski definition) is 5. The molecule has 0 fully saturated rings. The van der Waals surface area contributed by atoms with E-state index >= 15 is 0 Å². The number of carbonyl (C=O) groups excluding carboxylic acids is 2. The van der Waals surface area contributed by atoms with Crippen LogP contribution in [0.1, 0.15) is 34.7 Å². The first-order valence-corrected chi connectivity index (χ1v) is 9.92. The summed E-state index contributed by atoms with van der Waals surface area (Å²) in [6.45, 7) is 4.42. The Bertz CT molecular complexity index is 960. The van der Waals surface area contributed by atoms with E-state index < -0.39 is 0 Å². The van der Waals surface area contributed by atoms with Crippen molar-refractivity contribution >= 4 is 33.4 Å². The van der Waals surface area contributed by atoms with E-state index in [4.69, 9.17) is 0 Å². The molecule has 3 heterocycles. The SMILES string of the molecule is CCN1CCn2cc(CNC(=O)CCc3nc4ccccc4s3)nc2C1=O. The predicted octanol–water partition coefficient (Wildman–Crippen LogP) is 2.22. The minimum atomic E-state index is -0.0443. The number of nitrogens with one attached hydrogen (secondary N) is 1. The van der Waals surface area contributed by atoms with Crippen molar-refractivity contribution in [3.8, 4) is 0 Å². The first-order chi connectivity index (χ1) is 13.1. The van der Waals surface area contributed by atoms with E-state index in [0.29, 0.717) is 44.0 Å². The third-order valence-electron chi connectivity index (χ3n) is 4.67. The van der Waals surface area contributed by atoms with Crippen molar-refractivity contribution < 1.29 is 9.59 Å². The van der Waals surface area contributed by atoms with Gasteiger partial charge in [0.1, 0.15) is 0 Å². The average molecular weight is 383 g/mol. The van der Waals surface area contributed by atoms with Crippen LogP contribution >= 0.6 is 11.3 Å². The van der Waals surface area contributed by atoms with Crippen molar-refractivity contribution in [1.29, 1.82) is 0 Å². The van der Waals surface area contributed by atoms with Crippen LogP contribution in [0.2, 0.25) is 0 Å². The molecule has 0 saturated heterocycles.